The fourth-order valence-corrected chi connectivity index (χ4v) is 3.45. The summed E-state index contributed by atoms with van der Waals surface area (Å²) in [5.41, 5.74) is 1.10. The molecule has 1 rings (SSSR count). The lowest BCUT2D eigenvalue weighted by Gasteiger charge is -2.27. The summed E-state index contributed by atoms with van der Waals surface area (Å²) < 4.78 is 0. The predicted molar refractivity (Wildman–Crippen MR) is 58.8 cm³/mol. The molecule has 1 N–H and O–H groups in total. The van der Waals surface area contributed by atoms with Crippen LogP contribution >= 0.6 is 0 Å². The number of hydrogen-bond donors (Lipinski definition) is 1. The minimum absolute atomic E-state index is 0.541. The quantitative estimate of drug-likeness (QED) is 0.709. The Morgan fingerprint density at radius 3 is 2.31 bits per heavy atom. The van der Waals surface area contributed by atoms with Gasteiger partial charge < -0.3 is 5.32 Å². The van der Waals surface area contributed by atoms with Crippen molar-refractivity contribution in [1.82, 2.24) is 5.32 Å². The van der Waals surface area contributed by atoms with Gasteiger partial charge in [-0.15, -0.1) is 0 Å². The molecule has 13 heavy (non-hydrogen) atoms. The summed E-state index contributed by atoms with van der Waals surface area (Å²) in [6.07, 6.45) is 4.11. The van der Waals surface area contributed by atoms with Gasteiger partial charge in [0.05, 0.1) is 0 Å². The van der Waals surface area contributed by atoms with Crippen molar-refractivity contribution in [2.24, 2.45) is 16.7 Å². The van der Waals surface area contributed by atoms with Crippen LogP contribution in [-0.4, -0.2) is 13.6 Å². The van der Waals surface area contributed by atoms with Crippen LogP contribution in [0.1, 0.15) is 47.0 Å². The molecule has 1 fully saturated rings. The van der Waals surface area contributed by atoms with Crippen LogP contribution in [0, 0.1) is 16.7 Å². The van der Waals surface area contributed by atoms with Crippen LogP contribution in [0.5, 0.6) is 0 Å². The van der Waals surface area contributed by atoms with Gasteiger partial charge in [0.15, 0.2) is 0 Å². The van der Waals surface area contributed by atoms with Gasteiger partial charge in [-0.25, -0.2) is 0 Å². The third-order valence-corrected chi connectivity index (χ3v) is 3.82. The third kappa shape index (κ3) is 2.25. The van der Waals surface area contributed by atoms with E-state index in [0.29, 0.717) is 10.8 Å². The van der Waals surface area contributed by atoms with Crippen LogP contribution in [0.4, 0.5) is 0 Å². The lowest BCUT2D eigenvalue weighted by molar-refractivity contribution is 0.242. The smallest absolute Gasteiger partial charge is 0.000247 e. The van der Waals surface area contributed by atoms with Gasteiger partial charge >= 0.3 is 0 Å². The largest absolute Gasteiger partial charge is 0.319 e. The minimum Gasteiger partial charge on any atom is -0.319 e. The van der Waals surface area contributed by atoms with E-state index >= 15 is 0 Å². The number of hydrogen-bond acceptors (Lipinski definition) is 1. The van der Waals surface area contributed by atoms with Gasteiger partial charge in [-0.3, -0.25) is 0 Å². The Bertz CT molecular complexity index is 174. The highest BCUT2D eigenvalue weighted by Crippen LogP contribution is 2.53. The van der Waals surface area contributed by atoms with E-state index in [-0.39, 0.29) is 0 Å². The van der Waals surface area contributed by atoms with E-state index in [4.69, 9.17) is 0 Å². The Labute approximate surface area is 83.3 Å². The number of nitrogens with one attached hydrogen (secondary N) is 1. The molecule has 0 aromatic rings. The molecule has 0 aromatic heterocycles. The molecule has 0 amide bonds. The Kier molecular flexibility index (Phi) is 3.06. The first kappa shape index (κ1) is 11.0. The third-order valence-electron chi connectivity index (χ3n) is 3.82. The minimum atomic E-state index is 0.541. The molecule has 0 saturated heterocycles. The normalized spacial score (nSPS) is 38.1. The summed E-state index contributed by atoms with van der Waals surface area (Å²) in [7, 11) is 2.07. The summed E-state index contributed by atoms with van der Waals surface area (Å²) in [6.45, 7) is 10.8. The van der Waals surface area contributed by atoms with E-state index in [1.54, 1.807) is 0 Å². The van der Waals surface area contributed by atoms with Gasteiger partial charge in [-0.05, 0) is 36.6 Å². The Balaban J connectivity index is 2.67. The highest BCUT2D eigenvalue weighted by molar-refractivity contribution is 4.96. The van der Waals surface area contributed by atoms with Crippen LogP contribution in [0.3, 0.4) is 0 Å². The topological polar surface area (TPSA) is 12.0 Å². The molecule has 0 spiro atoms. The van der Waals surface area contributed by atoms with Gasteiger partial charge in [0.1, 0.15) is 0 Å². The fourth-order valence-electron chi connectivity index (χ4n) is 3.45. The van der Waals surface area contributed by atoms with Gasteiger partial charge in [0, 0.05) is 6.54 Å². The lowest BCUT2D eigenvalue weighted by atomic mass is 9.80. The highest BCUT2D eigenvalue weighted by atomic mass is 14.8. The molecular weight excluding hydrogens is 158 g/mol. The van der Waals surface area contributed by atoms with Crippen molar-refractivity contribution >= 4 is 0 Å². The van der Waals surface area contributed by atoms with Crippen molar-refractivity contribution in [1.29, 1.82) is 0 Å². The van der Waals surface area contributed by atoms with Crippen molar-refractivity contribution < 1.29 is 0 Å². The molecular formula is C12H25N. The van der Waals surface area contributed by atoms with Gasteiger partial charge in [0.2, 0.25) is 0 Å². The summed E-state index contributed by atoms with van der Waals surface area (Å²) in [5, 5.41) is 3.33. The summed E-state index contributed by atoms with van der Waals surface area (Å²) in [5.74, 6) is 0.922. The van der Waals surface area contributed by atoms with Crippen molar-refractivity contribution in [2.75, 3.05) is 13.6 Å². The molecule has 2 unspecified atom stereocenters. The molecule has 0 aromatic carbocycles. The van der Waals surface area contributed by atoms with Gasteiger partial charge in [0.25, 0.3) is 0 Å². The van der Waals surface area contributed by atoms with Gasteiger partial charge in [-0.1, -0.05) is 34.1 Å². The fraction of sp³-hybridized carbons (Fsp3) is 1.00. The first-order valence-corrected chi connectivity index (χ1v) is 5.58. The molecule has 0 heterocycles. The maximum atomic E-state index is 3.33. The van der Waals surface area contributed by atoms with E-state index in [1.165, 1.54) is 25.8 Å². The van der Waals surface area contributed by atoms with Crippen LogP contribution in [0.15, 0.2) is 0 Å². The van der Waals surface area contributed by atoms with E-state index in [0.717, 1.165) is 5.92 Å². The monoisotopic (exact) mass is 183 g/mol. The maximum Gasteiger partial charge on any atom is 0.000247 e. The van der Waals surface area contributed by atoms with Crippen LogP contribution in [0.2, 0.25) is 0 Å². The van der Waals surface area contributed by atoms with E-state index < -0.39 is 0 Å². The van der Waals surface area contributed by atoms with Crippen molar-refractivity contribution in [3.63, 3.8) is 0 Å². The second kappa shape index (κ2) is 3.61. The second-order valence-electron chi connectivity index (χ2n) is 5.82. The van der Waals surface area contributed by atoms with Crippen LogP contribution < -0.4 is 5.32 Å². The molecule has 78 valence electrons. The van der Waals surface area contributed by atoms with Gasteiger partial charge in [-0.2, -0.15) is 0 Å². The molecule has 0 radical (unpaired) electrons. The SMILES string of the molecule is CCC1CC(C)(CNC)CC1(C)C. The molecule has 2 atom stereocenters. The van der Waals surface area contributed by atoms with Crippen LogP contribution in [-0.2, 0) is 0 Å². The number of rotatable bonds is 3. The molecule has 0 aliphatic heterocycles. The Morgan fingerprint density at radius 1 is 1.31 bits per heavy atom. The Morgan fingerprint density at radius 2 is 1.92 bits per heavy atom. The highest BCUT2D eigenvalue weighted by Gasteiger charge is 2.45. The average Bonchev–Trinajstić information content (AvgIpc) is 2.21. The first-order chi connectivity index (χ1) is 5.93. The molecule has 1 aliphatic rings. The van der Waals surface area contributed by atoms with Crippen molar-refractivity contribution in [2.45, 2.75) is 47.0 Å². The molecule has 1 nitrogen and oxygen atoms in total. The van der Waals surface area contributed by atoms with E-state index in [9.17, 15) is 0 Å². The van der Waals surface area contributed by atoms with Crippen molar-refractivity contribution in [3.05, 3.63) is 0 Å². The van der Waals surface area contributed by atoms with E-state index in [2.05, 4.69) is 40.1 Å². The molecule has 1 heteroatoms. The standard InChI is InChI=1S/C12H25N/c1-6-10-7-12(4,9-13-5)8-11(10,2)3/h10,13H,6-9H2,1-5H3. The summed E-state index contributed by atoms with van der Waals surface area (Å²) in [4.78, 5) is 0. The van der Waals surface area contributed by atoms with E-state index in [1.807, 2.05) is 0 Å². The molecule has 1 aliphatic carbocycles. The zero-order chi connectivity index (χ0) is 10.1. The first-order valence-electron chi connectivity index (χ1n) is 5.58. The predicted octanol–water partition coefficient (Wildman–Crippen LogP) is 3.06. The summed E-state index contributed by atoms with van der Waals surface area (Å²) >= 11 is 0. The lowest BCUT2D eigenvalue weighted by Crippen LogP contribution is -2.27. The zero-order valence-electron chi connectivity index (χ0n) is 9.91. The maximum absolute atomic E-state index is 3.33. The second-order valence-corrected chi connectivity index (χ2v) is 5.82. The van der Waals surface area contributed by atoms with Crippen molar-refractivity contribution in [3.8, 4) is 0 Å². The molecule has 1 saturated carbocycles. The Hall–Kier alpha value is -0.0400. The average molecular weight is 183 g/mol. The summed E-state index contributed by atoms with van der Waals surface area (Å²) in [6, 6.07) is 0. The molecule has 0 bridgehead atoms. The zero-order valence-corrected chi connectivity index (χ0v) is 9.91. The van der Waals surface area contributed by atoms with Crippen LogP contribution in [0.25, 0.3) is 0 Å².